The lowest BCUT2D eigenvalue weighted by molar-refractivity contribution is 0.0699. The number of nitrogens with zero attached hydrogens (tertiary/aromatic N) is 3. The highest BCUT2D eigenvalue weighted by molar-refractivity contribution is 6.00. The van der Waals surface area contributed by atoms with Crippen LogP contribution in [0.2, 0.25) is 0 Å². The van der Waals surface area contributed by atoms with Crippen LogP contribution >= 0.6 is 0 Å². The number of aromatic nitrogens is 3. The molecule has 1 aromatic heterocycles. The van der Waals surface area contributed by atoms with Crippen LogP contribution in [0.1, 0.15) is 37.2 Å². The second-order valence-corrected chi connectivity index (χ2v) is 4.98. The van der Waals surface area contributed by atoms with Crippen molar-refractivity contribution in [1.29, 1.82) is 0 Å². The van der Waals surface area contributed by atoms with E-state index in [-0.39, 0.29) is 11.6 Å². The van der Waals surface area contributed by atoms with Gasteiger partial charge in [-0.05, 0) is 25.0 Å². The molecule has 0 aliphatic rings. The van der Waals surface area contributed by atoms with E-state index >= 15 is 0 Å². The summed E-state index contributed by atoms with van der Waals surface area (Å²) < 4.78 is 7.27. The Labute approximate surface area is 117 Å². The van der Waals surface area contributed by atoms with Crippen molar-refractivity contribution >= 4 is 17.0 Å². The van der Waals surface area contributed by atoms with E-state index in [1.807, 2.05) is 13.0 Å². The van der Waals surface area contributed by atoms with Crippen LogP contribution in [0.4, 0.5) is 0 Å². The smallest absolute Gasteiger partial charge is 0.338 e. The third-order valence-electron chi connectivity index (χ3n) is 3.31. The van der Waals surface area contributed by atoms with Crippen LogP contribution in [-0.4, -0.2) is 39.3 Å². The number of carbonyl (C=O) groups is 1. The molecule has 1 atom stereocenters. The summed E-state index contributed by atoms with van der Waals surface area (Å²) in [5.74, 6) is -0.687. The van der Waals surface area contributed by atoms with Crippen LogP contribution in [0.5, 0.6) is 0 Å². The van der Waals surface area contributed by atoms with Crippen molar-refractivity contribution in [3.8, 4) is 0 Å². The molecule has 2 aromatic rings. The first-order valence-corrected chi connectivity index (χ1v) is 6.71. The summed E-state index contributed by atoms with van der Waals surface area (Å²) in [5, 5.41) is 17.3. The maximum atomic E-state index is 11.2. The van der Waals surface area contributed by atoms with Crippen molar-refractivity contribution in [3.05, 3.63) is 23.8 Å². The number of aromatic carboxylic acids is 1. The Hall–Kier alpha value is -1.95. The van der Waals surface area contributed by atoms with Crippen molar-refractivity contribution < 1.29 is 14.6 Å². The van der Waals surface area contributed by atoms with Crippen LogP contribution in [0.15, 0.2) is 18.2 Å². The standard InChI is InChI=1S/C14H19N3O3/c1-4-20-8-12(9(2)3)17-11-7-5-6-10(14(18)19)13(11)15-16-17/h5-7,9,12H,4,8H2,1-3H3,(H,18,19). The molecule has 0 fully saturated rings. The summed E-state index contributed by atoms with van der Waals surface area (Å²) in [6.07, 6.45) is 0. The molecule has 2 rings (SSSR count). The van der Waals surface area contributed by atoms with E-state index in [1.54, 1.807) is 10.7 Å². The van der Waals surface area contributed by atoms with Crippen molar-refractivity contribution in [2.75, 3.05) is 13.2 Å². The van der Waals surface area contributed by atoms with Gasteiger partial charge in [0.1, 0.15) is 5.52 Å². The van der Waals surface area contributed by atoms with Crippen molar-refractivity contribution in [3.63, 3.8) is 0 Å². The van der Waals surface area contributed by atoms with E-state index in [0.29, 0.717) is 24.6 Å². The van der Waals surface area contributed by atoms with Gasteiger partial charge in [-0.3, -0.25) is 0 Å². The highest BCUT2D eigenvalue weighted by Crippen LogP contribution is 2.24. The first kappa shape index (κ1) is 14.5. The summed E-state index contributed by atoms with van der Waals surface area (Å²) in [4.78, 5) is 11.2. The van der Waals surface area contributed by atoms with Crippen molar-refractivity contribution in [2.24, 2.45) is 5.92 Å². The highest BCUT2D eigenvalue weighted by atomic mass is 16.5. The molecule has 0 radical (unpaired) electrons. The van der Waals surface area contributed by atoms with E-state index in [9.17, 15) is 9.90 Å². The first-order chi connectivity index (χ1) is 9.56. The van der Waals surface area contributed by atoms with Crippen LogP contribution in [0.25, 0.3) is 11.0 Å². The van der Waals surface area contributed by atoms with Crippen LogP contribution in [-0.2, 0) is 4.74 Å². The van der Waals surface area contributed by atoms with Gasteiger partial charge in [0.05, 0.1) is 23.7 Å². The normalized spacial score (nSPS) is 13.0. The molecule has 0 aliphatic heterocycles. The molecule has 0 bridgehead atoms. The highest BCUT2D eigenvalue weighted by Gasteiger charge is 2.21. The first-order valence-electron chi connectivity index (χ1n) is 6.71. The number of rotatable bonds is 6. The molecule has 1 N–H and O–H groups in total. The molecule has 0 spiro atoms. The van der Waals surface area contributed by atoms with Gasteiger partial charge in [0.2, 0.25) is 0 Å². The molecule has 6 nitrogen and oxygen atoms in total. The zero-order valence-corrected chi connectivity index (χ0v) is 11.9. The predicted molar refractivity (Wildman–Crippen MR) is 74.9 cm³/mol. The Kier molecular flexibility index (Phi) is 4.34. The number of fused-ring (bicyclic) bond motifs is 1. The van der Waals surface area contributed by atoms with E-state index in [4.69, 9.17) is 4.74 Å². The molecular weight excluding hydrogens is 258 g/mol. The van der Waals surface area contributed by atoms with Gasteiger partial charge < -0.3 is 9.84 Å². The zero-order valence-electron chi connectivity index (χ0n) is 11.9. The van der Waals surface area contributed by atoms with Gasteiger partial charge in [0.25, 0.3) is 0 Å². The van der Waals surface area contributed by atoms with Gasteiger partial charge in [-0.15, -0.1) is 5.10 Å². The monoisotopic (exact) mass is 277 g/mol. The van der Waals surface area contributed by atoms with Crippen LogP contribution < -0.4 is 0 Å². The predicted octanol–water partition coefficient (Wildman–Crippen LogP) is 2.36. The molecule has 0 saturated heterocycles. The Bertz CT molecular complexity index is 607. The summed E-state index contributed by atoms with van der Waals surface area (Å²) >= 11 is 0. The Morgan fingerprint density at radius 2 is 2.20 bits per heavy atom. The van der Waals surface area contributed by atoms with E-state index in [1.165, 1.54) is 6.07 Å². The van der Waals surface area contributed by atoms with Gasteiger partial charge >= 0.3 is 5.97 Å². The lowest BCUT2D eigenvalue weighted by atomic mass is 10.1. The van der Waals surface area contributed by atoms with Crippen molar-refractivity contribution in [1.82, 2.24) is 15.0 Å². The van der Waals surface area contributed by atoms with E-state index < -0.39 is 5.97 Å². The molecule has 1 unspecified atom stereocenters. The summed E-state index contributed by atoms with van der Waals surface area (Å²) in [6, 6.07) is 5.12. The Morgan fingerprint density at radius 3 is 2.80 bits per heavy atom. The lowest BCUT2D eigenvalue weighted by Gasteiger charge is -2.21. The fourth-order valence-electron chi connectivity index (χ4n) is 2.16. The average molecular weight is 277 g/mol. The Morgan fingerprint density at radius 1 is 1.45 bits per heavy atom. The average Bonchev–Trinajstić information content (AvgIpc) is 2.82. The van der Waals surface area contributed by atoms with E-state index in [0.717, 1.165) is 5.52 Å². The van der Waals surface area contributed by atoms with Gasteiger partial charge in [0, 0.05) is 6.61 Å². The van der Waals surface area contributed by atoms with Gasteiger partial charge in [-0.2, -0.15) is 0 Å². The minimum absolute atomic E-state index is 0.0315. The number of hydrogen-bond donors (Lipinski definition) is 1. The second kappa shape index (κ2) is 6.00. The second-order valence-electron chi connectivity index (χ2n) is 4.98. The zero-order chi connectivity index (χ0) is 14.7. The lowest BCUT2D eigenvalue weighted by Crippen LogP contribution is -2.22. The fraction of sp³-hybridized carbons (Fsp3) is 0.500. The number of ether oxygens (including phenoxy) is 1. The quantitative estimate of drug-likeness (QED) is 0.877. The van der Waals surface area contributed by atoms with Crippen LogP contribution in [0.3, 0.4) is 0 Å². The molecule has 1 heterocycles. The molecule has 0 saturated carbocycles. The number of benzene rings is 1. The minimum Gasteiger partial charge on any atom is -0.478 e. The largest absolute Gasteiger partial charge is 0.478 e. The number of carboxylic acid groups (broad SMARTS) is 1. The molecule has 20 heavy (non-hydrogen) atoms. The summed E-state index contributed by atoms with van der Waals surface area (Å²) in [5.41, 5.74) is 1.32. The maximum absolute atomic E-state index is 11.2. The molecule has 1 aromatic carbocycles. The SMILES string of the molecule is CCOCC(C(C)C)n1nnc2c(C(=O)O)cccc21. The third kappa shape index (κ3) is 2.65. The topological polar surface area (TPSA) is 77.2 Å². The Balaban J connectivity index is 2.48. The maximum Gasteiger partial charge on any atom is 0.338 e. The summed E-state index contributed by atoms with van der Waals surface area (Å²) in [6.45, 7) is 7.27. The van der Waals surface area contributed by atoms with E-state index in [2.05, 4.69) is 24.2 Å². The molecule has 6 heteroatoms. The summed E-state index contributed by atoms with van der Waals surface area (Å²) in [7, 11) is 0. The number of hydrogen-bond acceptors (Lipinski definition) is 4. The molecule has 0 aliphatic carbocycles. The molecule has 108 valence electrons. The van der Waals surface area contributed by atoms with Crippen LogP contribution in [0, 0.1) is 5.92 Å². The van der Waals surface area contributed by atoms with Gasteiger partial charge in [-0.25, -0.2) is 9.48 Å². The van der Waals surface area contributed by atoms with Gasteiger partial charge in [-0.1, -0.05) is 25.1 Å². The molecular formula is C14H19N3O3. The minimum atomic E-state index is -0.992. The molecule has 0 amide bonds. The van der Waals surface area contributed by atoms with Gasteiger partial charge in [0.15, 0.2) is 0 Å². The number of carboxylic acids is 1. The third-order valence-corrected chi connectivity index (χ3v) is 3.31. The van der Waals surface area contributed by atoms with Crippen molar-refractivity contribution in [2.45, 2.75) is 26.8 Å². The fourth-order valence-corrected chi connectivity index (χ4v) is 2.16.